The van der Waals surface area contributed by atoms with Crippen molar-refractivity contribution in [2.75, 3.05) is 46.8 Å². The highest BCUT2D eigenvalue weighted by atomic mass is 16.4. The number of nitrogens with one attached hydrogen (secondary N) is 1. The third-order valence-corrected chi connectivity index (χ3v) is 4.98. The van der Waals surface area contributed by atoms with Gasteiger partial charge in [-0.25, -0.2) is 9.78 Å². The summed E-state index contributed by atoms with van der Waals surface area (Å²) in [7, 11) is 3.39. The SMILES string of the molecule is CN(C)C(=O)N1C[C@H]2CN(CCc3ncc[nH]3)C[C@@]2(C(=O)O)C1. The molecule has 23 heavy (non-hydrogen) atoms. The number of amides is 2. The molecule has 126 valence electrons. The molecule has 3 rings (SSSR count). The Bertz CT molecular complexity index is 588. The summed E-state index contributed by atoms with van der Waals surface area (Å²) in [6.07, 6.45) is 4.28. The Hall–Kier alpha value is -2.09. The van der Waals surface area contributed by atoms with Gasteiger partial charge in [0.1, 0.15) is 11.2 Å². The quantitative estimate of drug-likeness (QED) is 0.811. The number of fused-ring (bicyclic) bond motifs is 1. The minimum atomic E-state index is -0.838. The number of urea groups is 1. The van der Waals surface area contributed by atoms with E-state index >= 15 is 0 Å². The average molecular weight is 321 g/mol. The number of aliphatic carboxylic acids is 1. The van der Waals surface area contributed by atoms with Crippen molar-refractivity contribution in [2.45, 2.75) is 6.42 Å². The predicted molar refractivity (Wildman–Crippen MR) is 82.9 cm³/mol. The molecule has 2 aliphatic heterocycles. The van der Waals surface area contributed by atoms with Gasteiger partial charge in [0, 0.05) is 71.6 Å². The van der Waals surface area contributed by atoms with Gasteiger partial charge in [-0.15, -0.1) is 0 Å². The lowest BCUT2D eigenvalue weighted by atomic mass is 9.81. The maximum atomic E-state index is 12.1. The van der Waals surface area contributed by atoms with Crippen molar-refractivity contribution in [3.63, 3.8) is 0 Å². The van der Waals surface area contributed by atoms with Crippen molar-refractivity contribution in [1.29, 1.82) is 0 Å². The van der Waals surface area contributed by atoms with E-state index in [1.54, 1.807) is 31.4 Å². The highest BCUT2D eigenvalue weighted by molar-refractivity contribution is 5.80. The summed E-state index contributed by atoms with van der Waals surface area (Å²) in [5.41, 5.74) is -0.838. The zero-order chi connectivity index (χ0) is 16.6. The summed E-state index contributed by atoms with van der Waals surface area (Å²) < 4.78 is 0. The lowest BCUT2D eigenvalue weighted by Gasteiger charge is -2.27. The van der Waals surface area contributed by atoms with Crippen LogP contribution in [0.1, 0.15) is 5.82 Å². The highest BCUT2D eigenvalue weighted by Crippen LogP contribution is 2.43. The minimum Gasteiger partial charge on any atom is -0.481 e. The molecule has 0 saturated carbocycles. The highest BCUT2D eigenvalue weighted by Gasteiger charge is 2.58. The van der Waals surface area contributed by atoms with Crippen molar-refractivity contribution in [3.05, 3.63) is 18.2 Å². The zero-order valence-corrected chi connectivity index (χ0v) is 13.5. The molecule has 0 aliphatic carbocycles. The summed E-state index contributed by atoms with van der Waals surface area (Å²) >= 11 is 0. The number of likely N-dealkylation sites (tertiary alicyclic amines) is 2. The Morgan fingerprint density at radius 3 is 2.78 bits per heavy atom. The first kappa shape index (κ1) is 15.8. The Kier molecular flexibility index (Phi) is 4.01. The van der Waals surface area contributed by atoms with Crippen LogP contribution in [0.3, 0.4) is 0 Å². The van der Waals surface area contributed by atoms with Gasteiger partial charge in [-0.1, -0.05) is 0 Å². The second-order valence-electron chi connectivity index (χ2n) is 6.74. The first-order valence-corrected chi connectivity index (χ1v) is 7.82. The van der Waals surface area contributed by atoms with Crippen LogP contribution in [0.25, 0.3) is 0 Å². The van der Waals surface area contributed by atoms with Crippen LogP contribution in [-0.2, 0) is 11.2 Å². The van der Waals surface area contributed by atoms with Crippen LogP contribution in [0.2, 0.25) is 0 Å². The van der Waals surface area contributed by atoms with Gasteiger partial charge < -0.3 is 24.8 Å². The average Bonchev–Trinajstić information content (AvgIpc) is 3.18. The molecule has 0 unspecified atom stereocenters. The maximum Gasteiger partial charge on any atom is 0.319 e. The number of hydrogen-bond acceptors (Lipinski definition) is 4. The van der Waals surface area contributed by atoms with E-state index < -0.39 is 11.4 Å². The molecule has 1 aromatic heterocycles. The van der Waals surface area contributed by atoms with Crippen molar-refractivity contribution >= 4 is 12.0 Å². The fourth-order valence-corrected chi connectivity index (χ4v) is 3.77. The van der Waals surface area contributed by atoms with Gasteiger partial charge in [-0.05, 0) is 0 Å². The van der Waals surface area contributed by atoms with E-state index in [1.165, 1.54) is 4.90 Å². The monoisotopic (exact) mass is 321 g/mol. The second kappa shape index (κ2) is 5.84. The second-order valence-corrected chi connectivity index (χ2v) is 6.74. The first-order valence-electron chi connectivity index (χ1n) is 7.82. The van der Waals surface area contributed by atoms with Gasteiger partial charge >= 0.3 is 12.0 Å². The molecule has 2 saturated heterocycles. The van der Waals surface area contributed by atoms with Crippen molar-refractivity contribution in [3.8, 4) is 0 Å². The fraction of sp³-hybridized carbons (Fsp3) is 0.667. The zero-order valence-electron chi connectivity index (χ0n) is 13.5. The predicted octanol–water partition coefficient (Wildman–Crippen LogP) is -0.0478. The molecule has 2 amide bonds. The number of aromatic amines is 1. The van der Waals surface area contributed by atoms with E-state index in [2.05, 4.69) is 14.9 Å². The van der Waals surface area contributed by atoms with E-state index in [0.717, 1.165) is 18.8 Å². The van der Waals surface area contributed by atoms with Crippen molar-refractivity contribution < 1.29 is 14.7 Å². The molecule has 0 aromatic carbocycles. The number of carboxylic acids is 1. The Morgan fingerprint density at radius 1 is 1.43 bits per heavy atom. The maximum absolute atomic E-state index is 12.1. The third kappa shape index (κ3) is 2.78. The number of rotatable bonds is 4. The molecule has 8 heteroatoms. The minimum absolute atomic E-state index is 0.0134. The van der Waals surface area contributed by atoms with Crippen LogP contribution in [0.5, 0.6) is 0 Å². The first-order chi connectivity index (χ1) is 10.9. The van der Waals surface area contributed by atoms with Crippen LogP contribution < -0.4 is 0 Å². The molecule has 3 heterocycles. The van der Waals surface area contributed by atoms with Gasteiger partial charge in [0.05, 0.1) is 0 Å². The standard InChI is InChI=1S/C15H23N5O3/c1-18(2)14(23)20-8-11-7-19(6-3-12-16-4-5-17-12)9-15(11,10-20)13(21)22/h4-5,11H,3,6-10H2,1-2H3,(H,16,17)(H,21,22)/t11-,15-/m1/s1. The van der Waals surface area contributed by atoms with E-state index in [-0.39, 0.29) is 11.9 Å². The molecule has 2 atom stereocenters. The van der Waals surface area contributed by atoms with Crippen LogP contribution in [0.15, 0.2) is 12.4 Å². The van der Waals surface area contributed by atoms with E-state index in [0.29, 0.717) is 26.2 Å². The molecule has 2 fully saturated rings. The van der Waals surface area contributed by atoms with Crippen LogP contribution in [0.4, 0.5) is 4.79 Å². The molecule has 0 bridgehead atoms. The molecule has 8 nitrogen and oxygen atoms in total. The lowest BCUT2D eigenvalue weighted by molar-refractivity contribution is -0.148. The number of carboxylic acid groups (broad SMARTS) is 1. The molecule has 2 N–H and O–H groups in total. The molecule has 0 radical (unpaired) electrons. The number of hydrogen-bond donors (Lipinski definition) is 2. The van der Waals surface area contributed by atoms with E-state index in [9.17, 15) is 14.7 Å². The van der Waals surface area contributed by atoms with E-state index in [1.807, 2.05) is 0 Å². The molecule has 2 aliphatic rings. The van der Waals surface area contributed by atoms with Crippen LogP contribution in [-0.4, -0.2) is 88.6 Å². The van der Waals surface area contributed by atoms with Crippen LogP contribution >= 0.6 is 0 Å². The van der Waals surface area contributed by atoms with Gasteiger partial charge in [-0.3, -0.25) is 4.79 Å². The smallest absolute Gasteiger partial charge is 0.319 e. The fourth-order valence-electron chi connectivity index (χ4n) is 3.77. The number of nitrogens with zero attached hydrogens (tertiary/aromatic N) is 4. The molecular weight excluding hydrogens is 298 g/mol. The number of H-pyrrole nitrogens is 1. The number of carbonyl (C=O) groups is 2. The molecule has 1 aromatic rings. The normalized spacial score (nSPS) is 27.2. The Morgan fingerprint density at radius 2 is 2.22 bits per heavy atom. The summed E-state index contributed by atoms with van der Waals surface area (Å²) in [6.45, 7) is 2.79. The number of imidazole rings is 1. The number of carbonyl (C=O) groups excluding carboxylic acids is 1. The number of aromatic nitrogens is 2. The molecular formula is C15H23N5O3. The van der Waals surface area contributed by atoms with Crippen LogP contribution in [0, 0.1) is 11.3 Å². The Balaban J connectivity index is 1.66. The largest absolute Gasteiger partial charge is 0.481 e. The Labute approximate surface area is 135 Å². The van der Waals surface area contributed by atoms with Gasteiger partial charge in [0.2, 0.25) is 0 Å². The van der Waals surface area contributed by atoms with Gasteiger partial charge in [-0.2, -0.15) is 0 Å². The summed E-state index contributed by atoms with van der Waals surface area (Å²) in [6, 6.07) is -0.109. The summed E-state index contributed by atoms with van der Waals surface area (Å²) in [5, 5.41) is 9.79. The van der Waals surface area contributed by atoms with Crippen molar-refractivity contribution in [1.82, 2.24) is 24.7 Å². The third-order valence-electron chi connectivity index (χ3n) is 4.98. The lowest BCUT2D eigenvalue weighted by Crippen LogP contribution is -2.44. The molecule has 0 spiro atoms. The summed E-state index contributed by atoms with van der Waals surface area (Å²) in [4.78, 5) is 36.7. The van der Waals surface area contributed by atoms with Gasteiger partial charge in [0.15, 0.2) is 0 Å². The summed E-state index contributed by atoms with van der Waals surface area (Å²) in [5.74, 6) is 0.105. The van der Waals surface area contributed by atoms with E-state index in [4.69, 9.17) is 0 Å². The topological polar surface area (TPSA) is 92.8 Å². The van der Waals surface area contributed by atoms with Gasteiger partial charge in [0.25, 0.3) is 0 Å². The van der Waals surface area contributed by atoms with Crippen molar-refractivity contribution in [2.24, 2.45) is 11.3 Å².